The molecule has 2 heterocycles. The number of piperazine rings is 1. The summed E-state index contributed by atoms with van der Waals surface area (Å²) < 4.78 is 1.65. The Bertz CT molecular complexity index is 511. The zero-order valence-corrected chi connectivity index (χ0v) is 12.1. The number of nitrogens with two attached hydrogens (primary N) is 1. The van der Waals surface area contributed by atoms with Gasteiger partial charge in [-0.2, -0.15) is 5.10 Å². The summed E-state index contributed by atoms with van der Waals surface area (Å²) in [4.78, 5) is 27.5. The van der Waals surface area contributed by atoms with Crippen molar-refractivity contribution in [3.8, 4) is 0 Å². The zero-order chi connectivity index (χ0) is 14.9. The molecule has 0 bridgehead atoms. The minimum absolute atomic E-state index is 0.0638. The molecule has 0 spiro atoms. The largest absolute Gasteiger partial charge is 0.330 e. The number of hydrogen-bond acceptors (Lipinski definition) is 4. The molecular weight excluding hydrogens is 258 g/mol. The van der Waals surface area contributed by atoms with Gasteiger partial charge in [0.1, 0.15) is 6.54 Å². The maximum Gasteiger partial charge on any atom is 0.246 e. The van der Waals surface area contributed by atoms with Crippen molar-refractivity contribution < 1.29 is 9.59 Å². The van der Waals surface area contributed by atoms with E-state index < -0.39 is 6.04 Å². The predicted molar refractivity (Wildman–Crippen MR) is 75.0 cm³/mol. The van der Waals surface area contributed by atoms with E-state index in [0.29, 0.717) is 13.1 Å². The summed E-state index contributed by atoms with van der Waals surface area (Å²) in [6.07, 6.45) is 3.43. The highest BCUT2D eigenvalue weighted by molar-refractivity contribution is 5.98. The first-order chi connectivity index (χ1) is 9.40. The van der Waals surface area contributed by atoms with E-state index in [4.69, 9.17) is 5.73 Å². The number of rotatable bonds is 3. The Morgan fingerprint density at radius 1 is 1.40 bits per heavy atom. The van der Waals surface area contributed by atoms with Crippen LogP contribution in [0.15, 0.2) is 12.4 Å². The lowest BCUT2D eigenvalue weighted by Gasteiger charge is -2.35. The number of hydrogen-bond donors (Lipinski definition) is 1. The van der Waals surface area contributed by atoms with Crippen molar-refractivity contribution >= 4 is 17.5 Å². The summed E-state index contributed by atoms with van der Waals surface area (Å²) in [7, 11) is 1.80. The van der Waals surface area contributed by atoms with Crippen molar-refractivity contribution in [2.45, 2.75) is 19.9 Å². The molecule has 2 rings (SSSR count). The van der Waals surface area contributed by atoms with Crippen LogP contribution < -0.4 is 10.6 Å². The summed E-state index contributed by atoms with van der Waals surface area (Å²) in [5.74, 6) is -0.193. The summed E-state index contributed by atoms with van der Waals surface area (Å²) in [5.41, 5.74) is 6.62. The fourth-order valence-corrected chi connectivity index (χ4v) is 2.18. The number of aryl methyl sites for hydroxylation is 1. The zero-order valence-electron chi connectivity index (χ0n) is 12.1. The molecule has 2 amide bonds. The normalized spacial score (nSPS) is 17.8. The lowest BCUT2D eigenvalue weighted by Crippen LogP contribution is -2.56. The lowest BCUT2D eigenvalue weighted by atomic mass is 10.0. The molecule has 0 aromatic carbocycles. The van der Waals surface area contributed by atoms with E-state index in [2.05, 4.69) is 5.10 Å². The van der Waals surface area contributed by atoms with Crippen LogP contribution in [-0.2, 0) is 16.6 Å². The van der Waals surface area contributed by atoms with Gasteiger partial charge in [-0.1, -0.05) is 13.8 Å². The first kappa shape index (κ1) is 14.5. The number of carbonyl (C=O) groups is 2. The van der Waals surface area contributed by atoms with Gasteiger partial charge in [0, 0.05) is 26.3 Å². The van der Waals surface area contributed by atoms with Gasteiger partial charge in [-0.05, 0) is 5.92 Å². The van der Waals surface area contributed by atoms with Gasteiger partial charge in [-0.25, -0.2) is 0 Å². The van der Waals surface area contributed by atoms with E-state index >= 15 is 0 Å². The first-order valence-corrected chi connectivity index (χ1v) is 6.73. The van der Waals surface area contributed by atoms with Crippen LogP contribution >= 0.6 is 0 Å². The van der Waals surface area contributed by atoms with Crippen molar-refractivity contribution in [2.24, 2.45) is 18.7 Å². The molecule has 1 aliphatic heterocycles. The topological polar surface area (TPSA) is 84.5 Å². The molecule has 2 N–H and O–H groups in total. The molecule has 1 aliphatic rings. The summed E-state index contributed by atoms with van der Waals surface area (Å²) in [6, 6.07) is -0.548. The van der Waals surface area contributed by atoms with E-state index in [1.54, 1.807) is 33.9 Å². The molecule has 1 aromatic rings. The molecular formula is C13H21N5O2. The number of amides is 2. The summed E-state index contributed by atoms with van der Waals surface area (Å²) in [5, 5.41) is 4.05. The van der Waals surface area contributed by atoms with Crippen LogP contribution in [0, 0.1) is 5.92 Å². The number of anilines is 1. The molecule has 0 saturated carbocycles. The van der Waals surface area contributed by atoms with Gasteiger partial charge in [0.2, 0.25) is 11.8 Å². The average Bonchev–Trinajstić information content (AvgIpc) is 2.83. The molecule has 7 heteroatoms. The quantitative estimate of drug-likeness (QED) is 0.814. The molecule has 1 saturated heterocycles. The van der Waals surface area contributed by atoms with Crippen LogP contribution in [0.25, 0.3) is 0 Å². The smallest absolute Gasteiger partial charge is 0.246 e. The van der Waals surface area contributed by atoms with Gasteiger partial charge in [0.05, 0.1) is 17.9 Å². The highest BCUT2D eigenvalue weighted by Gasteiger charge is 2.31. The number of aromatic nitrogens is 2. The van der Waals surface area contributed by atoms with Crippen molar-refractivity contribution in [2.75, 3.05) is 24.5 Å². The van der Waals surface area contributed by atoms with Gasteiger partial charge >= 0.3 is 0 Å². The minimum atomic E-state index is -0.548. The second kappa shape index (κ2) is 5.62. The fraction of sp³-hybridized carbons (Fsp3) is 0.615. The molecule has 0 aliphatic carbocycles. The monoisotopic (exact) mass is 279 g/mol. The van der Waals surface area contributed by atoms with Crippen molar-refractivity contribution in [1.29, 1.82) is 0 Å². The van der Waals surface area contributed by atoms with Crippen molar-refractivity contribution in [3.05, 3.63) is 12.4 Å². The average molecular weight is 279 g/mol. The maximum atomic E-state index is 12.2. The molecule has 1 atom stereocenters. The Morgan fingerprint density at radius 2 is 2.10 bits per heavy atom. The Hall–Kier alpha value is -1.89. The minimum Gasteiger partial charge on any atom is -0.330 e. The fourth-order valence-electron chi connectivity index (χ4n) is 2.18. The first-order valence-electron chi connectivity index (χ1n) is 6.73. The van der Waals surface area contributed by atoms with Crippen LogP contribution in [0.5, 0.6) is 0 Å². The van der Waals surface area contributed by atoms with Crippen molar-refractivity contribution in [3.63, 3.8) is 0 Å². The van der Waals surface area contributed by atoms with Crippen molar-refractivity contribution in [1.82, 2.24) is 14.7 Å². The van der Waals surface area contributed by atoms with Crippen LogP contribution in [0.2, 0.25) is 0 Å². The summed E-state index contributed by atoms with van der Waals surface area (Å²) >= 11 is 0. The van der Waals surface area contributed by atoms with Crippen LogP contribution in [-0.4, -0.2) is 52.2 Å². The van der Waals surface area contributed by atoms with Crippen LogP contribution in [0.1, 0.15) is 13.8 Å². The van der Waals surface area contributed by atoms with Gasteiger partial charge in [-0.3, -0.25) is 14.3 Å². The van der Waals surface area contributed by atoms with E-state index in [0.717, 1.165) is 5.69 Å². The van der Waals surface area contributed by atoms with E-state index in [1.807, 2.05) is 13.8 Å². The lowest BCUT2D eigenvalue weighted by molar-refractivity contribution is -0.138. The molecule has 110 valence electrons. The number of carbonyl (C=O) groups excluding carboxylic acids is 2. The molecule has 0 radical (unpaired) electrons. The van der Waals surface area contributed by atoms with E-state index in [1.165, 1.54) is 0 Å². The maximum absolute atomic E-state index is 12.2. The van der Waals surface area contributed by atoms with Gasteiger partial charge in [-0.15, -0.1) is 0 Å². The Balaban J connectivity index is 2.02. The highest BCUT2D eigenvalue weighted by atomic mass is 16.2. The second-order valence-electron chi connectivity index (χ2n) is 5.45. The standard InChI is InChI=1S/C13H21N5O2/c1-9(2)12(14)13(20)17-4-5-18(11(19)8-17)10-6-15-16(3)7-10/h6-7,9,12H,4-5,8,14H2,1-3H3/t12-/m0/s1. The Labute approximate surface area is 118 Å². The Kier molecular flexibility index (Phi) is 4.08. The third-order valence-corrected chi connectivity index (χ3v) is 3.54. The van der Waals surface area contributed by atoms with E-state index in [9.17, 15) is 9.59 Å². The Morgan fingerprint density at radius 3 is 2.60 bits per heavy atom. The van der Waals surface area contributed by atoms with Crippen LogP contribution in [0.3, 0.4) is 0 Å². The second-order valence-corrected chi connectivity index (χ2v) is 5.45. The van der Waals surface area contributed by atoms with Gasteiger partial charge < -0.3 is 15.5 Å². The third kappa shape index (κ3) is 2.82. The molecule has 7 nitrogen and oxygen atoms in total. The SMILES string of the molecule is CC(C)[C@H](N)C(=O)N1CCN(c2cnn(C)c2)C(=O)C1. The third-order valence-electron chi connectivity index (χ3n) is 3.54. The van der Waals surface area contributed by atoms with E-state index in [-0.39, 0.29) is 24.3 Å². The van der Waals surface area contributed by atoms with Gasteiger partial charge in [0.15, 0.2) is 0 Å². The molecule has 1 aromatic heterocycles. The van der Waals surface area contributed by atoms with Crippen LogP contribution in [0.4, 0.5) is 5.69 Å². The van der Waals surface area contributed by atoms with Gasteiger partial charge in [0.25, 0.3) is 0 Å². The molecule has 20 heavy (non-hydrogen) atoms. The predicted octanol–water partition coefficient (Wildman–Crippen LogP) is -0.421. The highest BCUT2D eigenvalue weighted by Crippen LogP contribution is 2.16. The molecule has 1 fully saturated rings. The number of nitrogens with zero attached hydrogens (tertiary/aromatic N) is 4. The molecule has 0 unspecified atom stereocenters. The summed E-state index contributed by atoms with van der Waals surface area (Å²) in [6.45, 7) is 4.85.